The molecule has 4 aromatic rings. The number of nitrogens with zero attached hydrogens (tertiary/aromatic N) is 5. The SMILES string of the molecule is CCn1c(=C2SC(=Nc3sc4cc(Cl)ccc4[n+]3C)N(Cc3ccccc3)C2=O)sc(=C2C=CC=CN2C)c1=O. The summed E-state index contributed by atoms with van der Waals surface area (Å²) in [7, 11) is 3.87. The lowest BCUT2D eigenvalue weighted by atomic mass is 10.2. The average molecular weight is 607 g/mol. The highest BCUT2D eigenvalue weighted by Gasteiger charge is 2.39. The van der Waals surface area contributed by atoms with Crippen LogP contribution in [0.2, 0.25) is 5.02 Å². The standard InChI is InChI=1S/C29H25ClN5O2S3/c1-4-34-25(36)23(21-12-8-9-15-32(21)2)39-27(34)24-26(37)35(17-18-10-6-5-7-11-18)29(40-24)31-28-33(3)20-14-13-19(30)16-22(20)38-28/h5-16H,4,17H2,1-3H3/q+1. The molecule has 0 atom stereocenters. The van der Waals surface area contributed by atoms with Crippen LogP contribution in [-0.2, 0) is 24.9 Å². The second-order valence-corrected chi connectivity index (χ2v) is 12.7. The molecule has 0 bridgehead atoms. The number of aromatic nitrogens is 2. The summed E-state index contributed by atoms with van der Waals surface area (Å²) in [6.45, 7) is 2.75. The molecule has 0 saturated carbocycles. The summed E-state index contributed by atoms with van der Waals surface area (Å²) in [5, 5.41) is 1.99. The van der Waals surface area contributed by atoms with Gasteiger partial charge in [-0.3, -0.25) is 19.1 Å². The van der Waals surface area contributed by atoms with Gasteiger partial charge in [-0.2, -0.15) is 0 Å². The van der Waals surface area contributed by atoms with Crippen molar-refractivity contribution in [3.8, 4) is 0 Å². The van der Waals surface area contributed by atoms with Crippen molar-refractivity contribution in [1.82, 2.24) is 14.4 Å². The van der Waals surface area contributed by atoms with Crippen molar-refractivity contribution >= 4 is 83.1 Å². The maximum atomic E-state index is 14.1. The first-order valence-corrected chi connectivity index (χ1v) is 15.4. The second kappa shape index (κ2) is 10.9. The molecule has 4 heterocycles. The molecular formula is C29H25ClN5O2S3+. The number of hydrogen-bond acceptors (Lipinski definition) is 7. The number of likely N-dealkylation sites (N-methyl/N-ethyl adjacent to an activating group) is 1. The molecule has 1 amide bonds. The van der Waals surface area contributed by atoms with Gasteiger partial charge >= 0.3 is 5.13 Å². The van der Waals surface area contributed by atoms with Crippen LogP contribution in [0.1, 0.15) is 12.5 Å². The van der Waals surface area contributed by atoms with Gasteiger partial charge in [0.05, 0.1) is 24.0 Å². The highest BCUT2D eigenvalue weighted by Crippen LogP contribution is 2.36. The largest absolute Gasteiger partial charge is 0.385 e. The number of halogens is 1. The van der Waals surface area contributed by atoms with Crippen LogP contribution in [0, 0.1) is 0 Å². The summed E-state index contributed by atoms with van der Waals surface area (Å²) in [6.07, 6.45) is 7.68. The number of amidine groups is 1. The Balaban J connectivity index is 1.55. The number of thiazole rings is 2. The average Bonchev–Trinajstić information content (AvgIpc) is 3.55. The minimum absolute atomic E-state index is 0.0991. The highest BCUT2D eigenvalue weighted by molar-refractivity contribution is 8.23. The van der Waals surface area contributed by atoms with Gasteiger partial charge < -0.3 is 4.90 Å². The number of rotatable bonds is 4. The molecule has 2 aliphatic heterocycles. The third-order valence-electron chi connectivity index (χ3n) is 6.69. The van der Waals surface area contributed by atoms with E-state index < -0.39 is 0 Å². The number of aryl methyl sites for hydroxylation is 1. The summed E-state index contributed by atoms with van der Waals surface area (Å²) in [5.74, 6) is -0.160. The van der Waals surface area contributed by atoms with E-state index in [1.54, 1.807) is 9.47 Å². The predicted octanol–water partition coefficient (Wildman–Crippen LogP) is 4.32. The van der Waals surface area contributed by atoms with Crippen molar-refractivity contribution in [1.29, 1.82) is 0 Å². The van der Waals surface area contributed by atoms with Crippen molar-refractivity contribution in [2.24, 2.45) is 12.0 Å². The van der Waals surface area contributed by atoms with Crippen LogP contribution in [0.15, 0.2) is 82.7 Å². The minimum Gasteiger partial charge on any atom is -0.350 e. The van der Waals surface area contributed by atoms with Crippen LogP contribution in [-0.4, -0.2) is 32.5 Å². The van der Waals surface area contributed by atoms with Gasteiger partial charge in [0.25, 0.3) is 16.6 Å². The van der Waals surface area contributed by atoms with E-state index in [4.69, 9.17) is 16.6 Å². The zero-order valence-electron chi connectivity index (χ0n) is 22.0. The smallest absolute Gasteiger partial charge is 0.350 e. The molecule has 0 spiro atoms. The lowest BCUT2D eigenvalue weighted by molar-refractivity contribution is -0.627. The Bertz CT molecular complexity index is 1940. The summed E-state index contributed by atoms with van der Waals surface area (Å²) in [4.78, 5) is 36.7. The van der Waals surface area contributed by atoms with Crippen LogP contribution in [0.25, 0.3) is 20.8 Å². The first-order chi connectivity index (χ1) is 19.4. The zero-order valence-corrected chi connectivity index (χ0v) is 25.2. The summed E-state index contributed by atoms with van der Waals surface area (Å²) >= 11 is 10.4. The number of hydrogen-bond donors (Lipinski definition) is 0. The van der Waals surface area contributed by atoms with Crippen molar-refractivity contribution in [3.63, 3.8) is 0 Å². The van der Waals surface area contributed by atoms with Gasteiger partial charge in [0.2, 0.25) is 0 Å². The van der Waals surface area contributed by atoms with Gasteiger partial charge in [-0.05, 0) is 70.9 Å². The number of thioether (sulfide) groups is 1. The fourth-order valence-electron chi connectivity index (χ4n) is 4.61. The van der Waals surface area contributed by atoms with E-state index in [-0.39, 0.29) is 11.5 Å². The Hall–Kier alpha value is -3.44. The topological polar surface area (TPSA) is 61.8 Å². The molecular weight excluding hydrogens is 582 g/mol. The van der Waals surface area contributed by atoms with Crippen molar-refractivity contribution in [2.45, 2.75) is 20.0 Å². The van der Waals surface area contributed by atoms with Gasteiger partial charge in [-0.1, -0.05) is 48.0 Å². The van der Waals surface area contributed by atoms with Crippen molar-refractivity contribution in [2.75, 3.05) is 7.05 Å². The van der Waals surface area contributed by atoms with E-state index in [0.29, 0.717) is 37.4 Å². The fraction of sp³-hybridized carbons (Fsp3) is 0.172. The molecule has 1 saturated heterocycles. The van der Waals surface area contributed by atoms with E-state index in [1.807, 2.05) is 103 Å². The Labute approximate surface area is 248 Å². The summed E-state index contributed by atoms with van der Waals surface area (Å²) in [6, 6.07) is 15.6. The van der Waals surface area contributed by atoms with E-state index in [1.165, 1.54) is 34.4 Å². The van der Waals surface area contributed by atoms with Gasteiger partial charge in [0.1, 0.15) is 19.6 Å². The van der Waals surface area contributed by atoms with Gasteiger partial charge in [-0.15, -0.1) is 11.3 Å². The van der Waals surface area contributed by atoms with Crippen LogP contribution in [0.4, 0.5) is 5.13 Å². The molecule has 11 heteroatoms. The molecule has 0 N–H and O–H groups in total. The Morgan fingerprint density at radius 3 is 2.60 bits per heavy atom. The molecule has 1 fully saturated rings. The Kier molecular flexibility index (Phi) is 7.26. The van der Waals surface area contributed by atoms with Crippen molar-refractivity contribution < 1.29 is 9.36 Å². The van der Waals surface area contributed by atoms with Gasteiger partial charge in [0.15, 0.2) is 0 Å². The quantitative estimate of drug-likeness (QED) is 0.325. The van der Waals surface area contributed by atoms with Crippen LogP contribution in [0.3, 0.4) is 0 Å². The van der Waals surface area contributed by atoms with E-state index in [0.717, 1.165) is 26.6 Å². The molecule has 40 heavy (non-hydrogen) atoms. The van der Waals surface area contributed by atoms with Crippen LogP contribution < -0.4 is 19.3 Å². The maximum Gasteiger partial charge on any atom is 0.385 e. The van der Waals surface area contributed by atoms with Crippen molar-refractivity contribution in [3.05, 3.63) is 103 Å². The van der Waals surface area contributed by atoms with Gasteiger partial charge in [-0.25, -0.2) is 4.57 Å². The maximum absolute atomic E-state index is 14.1. The first kappa shape index (κ1) is 26.8. The number of carbonyl (C=O) groups excluding carboxylic acids is 1. The minimum atomic E-state index is -0.160. The van der Waals surface area contributed by atoms with Crippen LogP contribution in [0.5, 0.6) is 0 Å². The normalized spacial score (nSPS) is 19.1. The molecule has 2 aliphatic rings. The molecule has 0 radical (unpaired) electrons. The molecule has 0 unspecified atom stereocenters. The monoisotopic (exact) mass is 606 g/mol. The fourth-order valence-corrected chi connectivity index (χ4v) is 8.39. The lowest BCUT2D eigenvalue weighted by Gasteiger charge is -2.16. The summed E-state index contributed by atoms with van der Waals surface area (Å²) < 4.78 is 5.97. The molecule has 0 aliphatic carbocycles. The summed E-state index contributed by atoms with van der Waals surface area (Å²) in [5.41, 5.74) is 2.72. The number of fused-ring (bicyclic) bond motifs is 1. The third kappa shape index (κ3) is 4.75. The van der Waals surface area contributed by atoms with E-state index in [2.05, 4.69) is 0 Å². The van der Waals surface area contributed by atoms with E-state index in [9.17, 15) is 9.59 Å². The number of carbonyl (C=O) groups is 1. The number of allylic oxidation sites excluding steroid dienone is 2. The lowest BCUT2D eigenvalue weighted by Crippen LogP contribution is -2.35. The number of amides is 1. The zero-order chi connectivity index (χ0) is 28.0. The predicted molar refractivity (Wildman–Crippen MR) is 166 cm³/mol. The molecule has 6 rings (SSSR count). The Morgan fingerprint density at radius 1 is 1.05 bits per heavy atom. The number of benzene rings is 2. The van der Waals surface area contributed by atoms with Crippen LogP contribution >= 0.6 is 46.0 Å². The molecule has 7 nitrogen and oxygen atoms in total. The Morgan fingerprint density at radius 2 is 1.85 bits per heavy atom. The molecule has 202 valence electrons. The third-order valence-corrected chi connectivity index (χ3v) is 10.4. The van der Waals surface area contributed by atoms with E-state index >= 15 is 0 Å². The van der Waals surface area contributed by atoms with Gasteiger partial charge in [0, 0.05) is 24.8 Å². The second-order valence-electron chi connectivity index (χ2n) is 9.24. The highest BCUT2D eigenvalue weighted by atomic mass is 35.5. The molecule has 2 aromatic heterocycles. The molecule has 2 aromatic carbocycles. The first-order valence-electron chi connectivity index (χ1n) is 12.6. The number of aliphatic imine (C=N–C) groups is 1.